The maximum Gasteiger partial charge on any atom is 0.267 e. The second kappa shape index (κ2) is 8.24. The van der Waals surface area contributed by atoms with Crippen molar-refractivity contribution in [1.82, 2.24) is 14.8 Å². The molecule has 1 unspecified atom stereocenters. The first kappa shape index (κ1) is 21.8. The van der Waals surface area contributed by atoms with Crippen molar-refractivity contribution in [2.45, 2.75) is 17.9 Å². The van der Waals surface area contributed by atoms with Crippen LogP contribution in [0.15, 0.2) is 64.3 Å². The molecule has 11 heteroatoms. The van der Waals surface area contributed by atoms with Gasteiger partial charge >= 0.3 is 0 Å². The molecule has 0 saturated carbocycles. The van der Waals surface area contributed by atoms with Crippen LogP contribution < -0.4 is 10.9 Å². The van der Waals surface area contributed by atoms with Crippen LogP contribution >= 0.6 is 11.3 Å². The lowest BCUT2D eigenvalue weighted by Gasteiger charge is -2.14. The van der Waals surface area contributed by atoms with Crippen molar-refractivity contribution in [2.75, 3.05) is 11.6 Å². The van der Waals surface area contributed by atoms with E-state index in [0.29, 0.717) is 21.5 Å². The Bertz CT molecular complexity index is 1490. The molecular formula is C21H17FN4O4S2. The van der Waals surface area contributed by atoms with Crippen molar-refractivity contribution in [1.29, 1.82) is 0 Å². The number of halogens is 1. The van der Waals surface area contributed by atoms with E-state index in [-0.39, 0.29) is 10.0 Å². The monoisotopic (exact) mass is 472 g/mol. The number of amides is 1. The van der Waals surface area contributed by atoms with Gasteiger partial charge in [-0.15, -0.1) is 0 Å². The van der Waals surface area contributed by atoms with Crippen LogP contribution in [-0.4, -0.2) is 35.3 Å². The van der Waals surface area contributed by atoms with Crippen LogP contribution in [0.5, 0.6) is 0 Å². The molecule has 2 aromatic carbocycles. The summed E-state index contributed by atoms with van der Waals surface area (Å²) in [5, 5.41) is 7.17. The normalized spacial score (nSPS) is 12.6. The minimum atomic E-state index is -3.37. The van der Waals surface area contributed by atoms with E-state index in [9.17, 15) is 22.4 Å². The maximum atomic E-state index is 13.2. The van der Waals surface area contributed by atoms with E-state index >= 15 is 0 Å². The Kier molecular flexibility index (Phi) is 5.61. The summed E-state index contributed by atoms with van der Waals surface area (Å²) >= 11 is 1.12. The van der Waals surface area contributed by atoms with Gasteiger partial charge in [0, 0.05) is 17.9 Å². The molecule has 0 spiro atoms. The summed E-state index contributed by atoms with van der Waals surface area (Å²) in [5.74, 6) is -0.910. The maximum absolute atomic E-state index is 13.2. The lowest BCUT2D eigenvalue weighted by Crippen LogP contribution is -2.33. The van der Waals surface area contributed by atoms with Gasteiger partial charge in [0.05, 0.1) is 20.8 Å². The first-order valence-electron chi connectivity index (χ1n) is 9.39. The molecule has 0 fully saturated rings. The fourth-order valence-corrected chi connectivity index (χ4v) is 4.62. The molecule has 0 aliphatic rings. The molecular weight excluding hydrogens is 455 g/mol. The number of hydrogen-bond donors (Lipinski definition) is 1. The van der Waals surface area contributed by atoms with Gasteiger partial charge in [0.15, 0.2) is 15.0 Å². The Hall–Kier alpha value is -3.44. The molecule has 0 aliphatic carbocycles. The van der Waals surface area contributed by atoms with Gasteiger partial charge in [-0.2, -0.15) is 5.10 Å². The molecule has 4 aromatic rings. The van der Waals surface area contributed by atoms with Crippen LogP contribution in [0.2, 0.25) is 0 Å². The van der Waals surface area contributed by atoms with Gasteiger partial charge in [-0.3, -0.25) is 9.59 Å². The van der Waals surface area contributed by atoms with Crippen LogP contribution in [0.1, 0.15) is 13.0 Å². The Morgan fingerprint density at radius 2 is 1.84 bits per heavy atom. The zero-order valence-electron chi connectivity index (χ0n) is 16.9. The van der Waals surface area contributed by atoms with Gasteiger partial charge in [-0.05, 0) is 55.5 Å². The van der Waals surface area contributed by atoms with Gasteiger partial charge in [0.25, 0.3) is 11.5 Å². The van der Waals surface area contributed by atoms with E-state index in [1.54, 1.807) is 6.07 Å². The number of rotatable bonds is 5. The van der Waals surface area contributed by atoms with Gasteiger partial charge in [-0.25, -0.2) is 22.5 Å². The number of carbonyl (C=O) groups excluding carboxylic acids is 1. The van der Waals surface area contributed by atoms with Crippen molar-refractivity contribution in [3.63, 3.8) is 0 Å². The lowest BCUT2D eigenvalue weighted by molar-refractivity contribution is -0.119. The van der Waals surface area contributed by atoms with Crippen LogP contribution in [0, 0.1) is 5.82 Å². The number of anilines is 1. The third-order valence-electron chi connectivity index (χ3n) is 4.73. The lowest BCUT2D eigenvalue weighted by atomic mass is 10.1. The van der Waals surface area contributed by atoms with Crippen molar-refractivity contribution < 1.29 is 17.6 Å². The number of nitrogens with zero attached hydrogens (tertiary/aromatic N) is 3. The molecule has 0 saturated heterocycles. The summed E-state index contributed by atoms with van der Waals surface area (Å²) < 4.78 is 38.3. The average Bonchev–Trinajstić information content (AvgIpc) is 3.15. The van der Waals surface area contributed by atoms with Crippen molar-refractivity contribution >= 4 is 42.4 Å². The van der Waals surface area contributed by atoms with Crippen molar-refractivity contribution in [2.24, 2.45) is 0 Å². The summed E-state index contributed by atoms with van der Waals surface area (Å²) in [5.41, 5.74) is 1.08. The number of nitrogens with one attached hydrogen (secondary N) is 1. The van der Waals surface area contributed by atoms with E-state index in [0.717, 1.165) is 22.3 Å². The molecule has 2 aromatic heterocycles. The van der Waals surface area contributed by atoms with Crippen LogP contribution in [0.4, 0.5) is 9.52 Å². The number of sulfone groups is 1. The Labute approximate surface area is 186 Å². The fraction of sp³-hybridized carbons (Fsp3) is 0.143. The van der Waals surface area contributed by atoms with Gasteiger partial charge < -0.3 is 5.32 Å². The SMILES string of the molecule is CC(C(=O)Nc1nc2ccc(S(C)(=O)=O)cc2s1)n1nc(-c2ccc(F)cc2)ccc1=O. The molecule has 0 radical (unpaired) electrons. The van der Waals surface area contributed by atoms with Crippen LogP contribution in [-0.2, 0) is 14.6 Å². The predicted octanol–water partition coefficient (Wildman–Crippen LogP) is 3.26. The van der Waals surface area contributed by atoms with E-state index < -0.39 is 33.2 Å². The summed E-state index contributed by atoms with van der Waals surface area (Å²) in [6.07, 6.45) is 1.12. The molecule has 1 atom stereocenters. The predicted molar refractivity (Wildman–Crippen MR) is 120 cm³/mol. The second-order valence-electron chi connectivity index (χ2n) is 7.09. The number of benzene rings is 2. The number of hydrogen-bond acceptors (Lipinski definition) is 7. The average molecular weight is 473 g/mol. The molecule has 1 N–H and O–H groups in total. The zero-order valence-corrected chi connectivity index (χ0v) is 18.6. The Balaban J connectivity index is 1.59. The Morgan fingerprint density at radius 3 is 2.53 bits per heavy atom. The van der Waals surface area contributed by atoms with Crippen LogP contribution in [0.25, 0.3) is 21.5 Å². The highest BCUT2D eigenvalue weighted by molar-refractivity contribution is 7.90. The van der Waals surface area contributed by atoms with Crippen molar-refractivity contribution in [3.8, 4) is 11.3 Å². The highest BCUT2D eigenvalue weighted by atomic mass is 32.2. The van der Waals surface area contributed by atoms with E-state index in [4.69, 9.17) is 0 Å². The first-order valence-corrected chi connectivity index (χ1v) is 12.1. The molecule has 2 heterocycles. The Morgan fingerprint density at radius 1 is 1.12 bits per heavy atom. The highest BCUT2D eigenvalue weighted by Gasteiger charge is 2.20. The van der Waals surface area contributed by atoms with E-state index in [1.807, 2.05) is 0 Å². The summed E-state index contributed by atoms with van der Waals surface area (Å²) in [6, 6.07) is 12.0. The standard InChI is InChI=1S/C21H17FN4O4S2/c1-12(26-19(27)10-9-16(25-26)13-3-5-14(22)6-4-13)20(28)24-21-23-17-8-7-15(32(2,29)30)11-18(17)31-21/h3-12H,1-2H3,(H,23,24,28). The summed E-state index contributed by atoms with van der Waals surface area (Å²) in [4.78, 5) is 29.5. The topological polar surface area (TPSA) is 111 Å². The molecule has 164 valence electrons. The highest BCUT2D eigenvalue weighted by Crippen LogP contribution is 2.28. The molecule has 0 bridgehead atoms. The van der Waals surface area contributed by atoms with Gasteiger partial charge in [0.2, 0.25) is 0 Å². The van der Waals surface area contributed by atoms with E-state index in [1.165, 1.54) is 55.5 Å². The minimum absolute atomic E-state index is 0.160. The number of fused-ring (bicyclic) bond motifs is 1. The third kappa shape index (κ3) is 4.43. The third-order valence-corrected chi connectivity index (χ3v) is 6.77. The van der Waals surface area contributed by atoms with Crippen LogP contribution in [0.3, 0.4) is 0 Å². The smallest absolute Gasteiger partial charge is 0.267 e. The molecule has 4 rings (SSSR count). The second-order valence-corrected chi connectivity index (χ2v) is 10.1. The largest absolute Gasteiger partial charge is 0.300 e. The molecule has 8 nitrogen and oxygen atoms in total. The summed E-state index contributed by atoms with van der Waals surface area (Å²) in [7, 11) is -3.37. The number of thiazole rings is 1. The van der Waals surface area contributed by atoms with Gasteiger partial charge in [0.1, 0.15) is 11.9 Å². The molecule has 0 aliphatic heterocycles. The number of aromatic nitrogens is 3. The first-order chi connectivity index (χ1) is 15.1. The van der Waals surface area contributed by atoms with Gasteiger partial charge in [-0.1, -0.05) is 11.3 Å². The van der Waals surface area contributed by atoms with E-state index in [2.05, 4.69) is 15.4 Å². The molecule has 1 amide bonds. The van der Waals surface area contributed by atoms with Crippen molar-refractivity contribution in [3.05, 3.63) is 70.8 Å². The number of carbonyl (C=O) groups is 1. The quantitative estimate of drug-likeness (QED) is 0.477. The molecule has 32 heavy (non-hydrogen) atoms. The minimum Gasteiger partial charge on any atom is -0.300 e. The fourth-order valence-electron chi connectivity index (χ4n) is 2.99. The zero-order chi connectivity index (χ0) is 23.0. The summed E-state index contributed by atoms with van der Waals surface area (Å²) in [6.45, 7) is 1.52.